The number of nitrogen functional groups attached to an aromatic ring is 1. The van der Waals surface area contributed by atoms with Crippen molar-refractivity contribution in [2.75, 3.05) is 11.1 Å². The van der Waals surface area contributed by atoms with Gasteiger partial charge in [-0.2, -0.15) is 4.98 Å². The smallest absolute Gasteiger partial charge is 0.229 e. The van der Waals surface area contributed by atoms with Gasteiger partial charge in [0.1, 0.15) is 5.69 Å². The Hall–Kier alpha value is -3.87. The van der Waals surface area contributed by atoms with Crippen molar-refractivity contribution in [2.24, 2.45) is 0 Å². The van der Waals surface area contributed by atoms with Crippen molar-refractivity contribution < 1.29 is 4.39 Å². The lowest BCUT2D eigenvalue weighted by atomic mass is 10.1. The number of aromatic amines is 2. The molecule has 0 amide bonds. The summed E-state index contributed by atoms with van der Waals surface area (Å²) in [5.41, 5.74) is 9.24. The minimum Gasteiger partial charge on any atom is -0.381 e. The van der Waals surface area contributed by atoms with E-state index in [-0.39, 0.29) is 17.5 Å². The van der Waals surface area contributed by atoms with Gasteiger partial charge in [0.2, 0.25) is 5.95 Å². The molecule has 27 heavy (non-hydrogen) atoms. The van der Waals surface area contributed by atoms with Crippen LogP contribution in [0.15, 0.2) is 60.9 Å². The minimum atomic E-state index is -0.633. The molecule has 0 saturated heterocycles. The topological polar surface area (TPSA) is 95.4 Å². The number of hydrogen-bond donors (Lipinski definition) is 4. The fraction of sp³-hybridized carbons (Fsp3) is 0. The van der Waals surface area contributed by atoms with Crippen LogP contribution < -0.4 is 11.1 Å². The van der Waals surface area contributed by atoms with E-state index in [9.17, 15) is 4.39 Å². The third-order valence-electron chi connectivity index (χ3n) is 4.52. The second-order valence-electron chi connectivity index (χ2n) is 6.28. The van der Waals surface area contributed by atoms with Crippen LogP contribution in [0.3, 0.4) is 0 Å². The molecule has 0 atom stereocenters. The SMILES string of the molecule is Nc1nc(Nc2ccc3cc[nH]c3c2)nc(-c2ccc3cc[nH]c3c2)c1F. The number of halogens is 1. The van der Waals surface area contributed by atoms with Gasteiger partial charge in [-0.3, -0.25) is 0 Å². The highest BCUT2D eigenvalue weighted by atomic mass is 19.1. The number of H-pyrrole nitrogens is 2. The highest BCUT2D eigenvalue weighted by Gasteiger charge is 2.15. The number of anilines is 3. The summed E-state index contributed by atoms with van der Waals surface area (Å²) in [5, 5.41) is 5.24. The predicted molar refractivity (Wildman–Crippen MR) is 105 cm³/mol. The molecule has 0 radical (unpaired) electrons. The number of hydrogen-bond acceptors (Lipinski definition) is 4. The maximum absolute atomic E-state index is 14.6. The number of nitrogens with one attached hydrogen (secondary N) is 3. The van der Waals surface area contributed by atoms with Gasteiger partial charge in [-0.1, -0.05) is 18.2 Å². The normalized spacial score (nSPS) is 11.3. The molecule has 2 aromatic carbocycles. The van der Waals surface area contributed by atoms with Crippen LogP contribution in [0, 0.1) is 5.82 Å². The first-order valence-corrected chi connectivity index (χ1v) is 8.42. The van der Waals surface area contributed by atoms with E-state index in [0.29, 0.717) is 5.56 Å². The molecule has 0 aliphatic carbocycles. The maximum Gasteiger partial charge on any atom is 0.229 e. The standard InChI is InChI=1S/C20H15FN6/c21-17-18(13-2-1-11-5-7-23-15(11)9-13)26-20(27-19(17)22)25-14-4-3-12-6-8-24-16(12)10-14/h1-10,23-24H,(H3,22,25,26,27). The molecule has 0 aliphatic rings. The van der Waals surface area contributed by atoms with Gasteiger partial charge in [0, 0.05) is 34.7 Å². The number of nitrogens with two attached hydrogens (primary N) is 1. The summed E-state index contributed by atoms with van der Waals surface area (Å²) >= 11 is 0. The fourth-order valence-electron chi connectivity index (χ4n) is 3.16. The molecule has 0 saturated carbocycles. The molecule has 5 N–H and O–H groups in total. The van der Waals surface area contributed by atoms with E-state index in [1.54, 1.807) is 0 Å². The molecule has 0 aliphatic heterocycles. The molecule has 0 bridgehead atoms. The summed E-state index contributed by atoms with van der Waals surface area (Å²) < 4.78 is 14.6. The summed E-state index contributed by atoms with van der Waals surface area (Å²) in [6, 6.07) is 15.3. The van der Waals surface area contributed by atoms with Gasteiger partial charge in [-0.05, 0) is 41.1 Å². The zero-order chi connectivity index (χ0) is 18.4. The van der Waals surface area contributed by atoms with Crippen molar-refractivity contribution in [3.8, 4) is 11.3 Å². The summed E-state index contributed by atoms with van der Waals surface area (Å²) in [6.07, 6.45) is 3.71. The first kappa shape index (κ1) is 15.4. The van der Waals surface area contributed by atoms with Gasteiger partial charge < -0.3 is 21.0 Å². The van der Waals surface area contributed by atoms with Gasteiger partial charge in [-0.15, -0.1) is 0 Å². The minimum absolute atomic E-state index is 0.155. The third-order valence-corrected chi connectivity index (χ3v) is 4.52. The van der Waals surface area contributed by atoms with Crippen LogP contribution in [0.4, 0.5) is 21.8 Å². The molecule has 3 heterocycles. The van der Waals surface area contributed by atoms with Crippen molar-refractivity contribution in [2.45, 2.75) is 0 Å². The first-order valence-electron chi connectivity index (χ1n) is 8.42. The Morgan fingerprint density at radius 2 is 1.56 bits per heavy atom. The van der Waals surface area contributed by atoms with E-state index < -0.39 is 5.82 Å². The summed E-state index contributed by atoms with van der Waals surface area (Å²) in [5.74, 6) is -0.595. The van der Waals surface area contributed by atoms with Crippen LogP contribution in [-0.2, 0) is 0 Å². The summed E-state index contributed by atoms with van der Waals surface area (Å²) in [4.78, 5) is 14.7. The molecule has 5 aromatic rings. The van der Waals surface area contributed by atoms with Crippen molar-refractivity contribution in [3.05, 3.63) is 66.7 Å². The lowest BCUT2D eigenvalue weighted by Gasteiger charge is -2.10. The largest absolute Gasteiger partial charge is 0.381 e. The van der Waals surface area contributed by atoms with Gasteiger partial charge >= 0.3 is 0 Å². The van der Waals surface area contributed by atoms with Gasteiger partial charge in [0.15, 0.2) is 11.6 Å². The lowest BCUT2D eigenvalue weighted by Crippen LogP contribution is -2.05. The monoisotopic (exact) mass is 358 g/mol. The Kier molecular flexibility index (Phi) is 3.33. The van der Waals surface area contributed by atoms with Crippen LogP contribution in [-0.4, -0.2) is 19.9 Å². The van der Waals surface area contributed by atoms with Crippen molar-refractivity contribution >= 4 is 39.3 Å². The molecule has 0 fully saturated rings. The van der Waals surface area contributed by atoms with Crippen molar-refractivity contribution in [3.63, 3.8) is 0 Å². The lowest BCUT2D eigenvalue weighted by molar-refractivity contribution is 0.625. The molecule has 0 spiro atoms. The Morgan fingerprint density at radius 1 is 0.852 bits per heavy atom. The van der Waals surface area contributed by atoms with Crippen LogP contribution in [0.5, 0.6) is 0 Å². The van der Waals surface area contributed by atoms with E-state index >= 15 is 0 Å². The Bertz CT molecular complexity index is 1290. The van der Waals surface area contributed by atoms with Crippen LogP contribution >= 0.6 is 0 Å². The number of fused-ring (bicyclic) bond motifs is 2. The second kappa shape index (κ2) is 5.84. The zero-order valence-corrected chi connectivity index (χ0v) is 14.1. The summed E-state index contributed by atoms with van der Waals surface area (Å²) in [6.45, 7) is 0. The molecule has 7 heteroatoms. The van der Waals surface area contributed by atoms with Gasteiger partial charge in [-0.25, -0.2) is 9.37 Å². The molecule has 3 aromatic heterocycles. The van der Waals surface area contributed by atoms with Crippen LogP contribution in [0.1, 0.15) is 0 Å². The van der Waals surface area contributed by atoms with Crippen LogP contribution in [0.2, 0.25) is 0 Å². The van der Waals surface area contributed by atoms with Gasteiger partial charge in [0.05, 0.1) is 0 Å². The first-order chi connectivity index (χ1) is 13.2. The Labute approximate surface area is 153 Å². The van der Waals surface area contributed by atoms with E-state index in [2.05, 4.69) is 25.3 Å². The molecular formula is C20H15FN6. The van der Waals surface area contributed by atoms with E-state index in [4.69, 9.17) is 5.73 Å². The third kappa shape index (κ3) is 2.65. The number of nitrogens with zero attached hydrogens (tertiary/aromatic N) is 2. The average Bonchev–Trinajstić information content (AvgIpc) is 3.32. The number of aromatic nitrogens is 4. The molecule has 132 valence electrons. The zero-order valence-electron chi connectivity index (χ0n) is 14.1. The maximum atomic E-state index is 14.6. The van der Waals surface area contributed by atoms with E-state index in [1.807, 2.05) is 60.9 Å². The Morgan fingerprint density at radius 3 is 2.33 bits per heavy atom. The highest BCUT2D eigenvalue weighted by molar-refractivity contribution is 5.85. The summed E-state index contributed by atoms with van der Waals surface area (Å²) in [7, 11) is 0. The molecular weight excluding hydrogens is 343 g/mol. The average molecular weight is 358 g/mol. The van der Waals surface area contributed by atoms with E-state index in [1.165, 1.54) is 0 Å². The van der Waals surface area contributed by atoms with Crippen molar-refractivity contribution in [1.82, 2.24) is 19.9 Å². The van der Waals surface area contributed by atoms with Crippen molar-refractivity contribution in [1.29, 1.82) is 0 Å². The van der Waals surface area contributed by atoms with E-state index in [0.717, 1.165) is 27.5 Å². The highest BCUT2D eigenvalue weighted by Crippen LogP contribution is 2.29. The van der Waals surface area contributed by atoms with Crippen LogP contribution in [0.25, 0.3) is 33.1 Å². The number of benzene rings is 2. The fourth-order valence-corrected chi connectivity index (χ4v) is 3.16. The predicted octanol–water partition coefficient (Wildman–Crippen LogP) is 4.57. The quantitative estimate of drug-likeness (QED) is 0.380. The second-order valence-corrected chi connectivity index (χ2v) is 6.28. The molecule has 0 unspecified atom stereocenters. The van der Waals surface area contributed by atoms with Gasteiger partial charge in [0.25, 0.3) is 0 Å². The molecule has 6 nitrogen and oxygen atoms in total. The Balaban J connectivity index is 1.57. The molecule has 5 rings (SSSR count). The number of rotatable bonds is 3.